The van der Waals surface area contributed by atoms with Gasteiger partial charge >= 0.3 is 0 Å². The fourth-order valence-corrected chi connectivity index (χ4v) is 3.54. The summed E-state index contributed by atoms with van der Waals surface area (Å²) in [6, 6.07) is 15.5. The zero-order valence-electron chi connectivity index (χ0n) is 14.5. The summed E-state index contributed by atoms with van der Waals surface area (Å²) in [5, 5.41) is 10.3. The molecule has 0 saturated carbocycles. The second-order valence-electron chi connectivity index (χ2n) is 6.58. The highest BCUT2D eigenvalue weighted by Crippen LogP contribution is 2.28. The number of rotatable bonds is 4. The van der Waals surface area contributed by atoms with Gasteiger partial charge in [-0.05, 0) is 31.0 Å². The molecule has 0 saturated heterocycles. The second kappa shape index (κ2) is 6.63. The lowest BCUT2D eigenvalue weighted by atomic mass is 10.1. The van der Waals surface area contributed by atoms with Crippen molar-refractivity contribution >= 4 is 22.4 Å². The van der Waals surface area contributed by atoms with Crippen LogP contribution in [-0.2, 0) is 6.42 Å². The van der Waals surface area contributed by atoms with E-state index in [4.69, 9.17) is 0 Å². The van der Waals surface area contributed by atoms with Crippen molar-refractivity contribution in [2.75, 3.05) is 18.0 Å². The number of nitrogens with one attached hydrogen (secondary N) is 2. The van der Waals surface area contributed by atoms with Gasteiger partial charge in [-0.15, -0.1) is 0 Å². The molecule has 0 fully saturated rings. The molecule has 1 aliphatic heterocycles. The van der Waals surface area contributed by atoms with Crippen LogP contribution >= 0.6 is 0 Å². The van der Waals surface area contributed by atoms with Crippen LogP contribution in [0.25, 0.3) is 10.8 Å². The van der Waals surface area contributed by atoms with Crippen LogP contribution in [0.5, 0.6) is 0 Å². The van der Waals surface area contributed by atoms with Crippen molar-refractivity contribution in [1.82, 2.24) is 15.5 Å². The molecule has 1 aromatic heterocycles. The van der Waals surface area contributed by atoms with Gasteiger partial charge in [-0.2, -0.15) is 5.10 Å². The molecule has 26 heavy (non-hydrogen) atoms. The monoisotopic (exact) mass is 348 g/mol. The Morgan fingerprint density at radius 2 is 1.92 bits per heavy atom. The number of amides is 1. The number of fused-ring (bicyclic) bond motifs is 2. The average Bonchev–Trinajstić information content (AvgIpc) is 3.10. The largest absolute Gasteiger partial charge is 0.366 e. The molecular formula is C20H20N4O2. The number of hydrogen-bond donors (Lipinski definition) is 2. The van der Waals surface area contributed by atoms with Crippen LogP contribution in [0, 0.1) is 0 Å². The Hall–Kier alpha value is -3.15. The number of nitrogens with zero attached hydrogens (tertiary/aromatic N) is 2. The second-order valence-corrected chi connectivity index (χ2v) is 6.58. The summed E-state index contributed by atoms with van der Waals surface area (Å²) in [6.45, 7) is 3.55. The molecule has 0 aliphatic carbocycles. The van der Waals surface area contributed by atoms with Gasteiger partial charge in [0.15, 0.2) is 5.69 Å². The molecule has 1 atom stereocenters. The molecule has 6 heteroatoms. The van der Waals surface area contributed by atoms with Gasteiger partial charge < -0.3 is 10.2 Å². The third-order valence-corrected chi connectivity index (χ3v) is 4.92. The summed E-state index contributed by atoms with van der Waals surface area (Å²) in [5.74, 6) is -0.281. The third-order valence-electron chi connectivity index (χ3n) is 4.92. The Morgan fingerprint density at radius 1 is 1.19 bits per heavy atom. The van der Waals surface area contributed by atoms with Crippen LogP contribution in [0.15, 0.2) is 53.3 Å². The number of anilines is 1. The average molecular weight is 348 g/mol. The quantitative estimate of drug-likeness (QED) is 0.757. The Labute approximate surface area is 150 Å². The Balaban J connectivity index is 1.50. The van der Waals surface area contributed by atoms with Gasteiger partial charge in [0.25, 0.3) is 11.5 Å². The molecule has 6 nitrogen and oxygen atoms in total. The maximum absolute atomic E-state index is 12.6. The Kier molecular flexibility index (Phi) is 4.16. The molecule has 1 amide bonds. The molecule has 1 aliphatic rings. The molecule has 0 bridgehead atoms. The van der Waals surface area contributed by atoms with Gasteiger partial charge in [0.1, 0.15) is 0 Å². The first-order chi connectivity index (χ1) is 12.6. The first kappa shape index (κ1) is 16.3. The van der Waals surface area contributed by atoms with E-state index in [2.05, 4.69) is 45.5 Å². The van der Waals surface area contributed by atoms with Crippen molar-refractivity contribution in [2.45, 2.75) is 19.4 Å². The minimum absolute atomic E-state index is 0.164. The first-order valence-electron chi connectivity index (χ1n) is 8.75. The van der Waals surface area contributed by atoms with Gasteiger partial charge in [0.05, 0.1) is 5.39 Å². The van der Waals surface area contributed by atoms with Crippen LogP contribution in [0.2, 0.25) is 0 Å². The molecule has 2 aromatic carbocycles. The molecule has 3 aromatic rings. The van der Waals surface area contributed by atoms with E-state index < -0.39 is 0 Å². The smallest absolute Gasteiger partial charge is 0.272 e. The summed E-state index contributed by atoms with van der Waals surface area (Å²) >= 11 is 0. The SMILES string of the molecule is C[C@H](CNC(=O)c1n[nH]c(=O)c2ccccc12)N1CCc2ccccc21. The third kappa shape index (κ3) is 2.83. The van der Waals surface area contributed by atoms with E-state index in [0.29, 0.717) is 17.3 Å². The molecule has 0 unspecified atom stereocenters. The van der Waals surface area contributed by atoms with Gasteiger partial charge in [-0.25, -0.2) is 5.10 Å². The number of para-hydroxylation sites is 1. The highest BCUT2D eigenvalue weighted by atomic mass is 16.2. The summed E-state index contributed by atoms with van der Waals surface area (Å²) in [5.41, 5.74) is 2.54. The number of H-pyrrole nitrogens is 1. The van der Waals surface area contributed by atoms with Crippen molar-refractivity contribution in [3.05, 3.63) is 70.1 Å². The van der Waals surface area contributed by atoms with Crippen molar-refractivity contribution in [3.8, 4) is 0 Å². The van der Waals surface area contributed by atoms with Crippen LogP contribution < -0.4 is 15.8 Å². The zero-order chi connectivity index (χ0) is 18.1. The van der Waals surface area contributed by atoms with E-state index in [9.17, 15) is 9.59 Å². The van der Waals surface area contributed by atoms with Crippen molar-refractivity contribution < 1.29 is 4.79 Å². The first-order valence-corrected chi connectivity index (χ1v) is 8.75. The van der Waals surface area contributed by atoms with E-state index >= 15 is 0 Å². The lowest BCUT2D eigenvalue weighted by Gasteiger charge is -2.27. The summed E-state index contributed by atoms with van der Waals surface area (Å²) < 4.78 is 0. The van der Waals surface area contributed by atoms with Crippen LogP contribution in [0.3, 0.4) is 0 Å². The molecule has 2 heterocycles. The minimum Gasteiger partial charge on any atom is -0.366 e. The number of hydrogen-bond acceptors (Lipinski definition) is 4. The standard InChI is InChI=1S/C20H20N4O2/c1-13(24-11-10-14-6-2-5-9-17(14)24)12-21-20(26)18-15-7-3-4-8-16(15)19(25)23-22-18/h2-9,13H,10-12H2,1H3,(H,21,26)(H,23,25)/t13-/m1/s1. The fourth-order valence-electron chi connectivity index (χ4n) is 3.54. The summed E-state index contributed by atoms with van der Waals surface area (Å²) in [6.07, 6.45) is 1.03. The van der Waals surface area contributed by atoms with Gasteiger partial charge in [-0.1, -0.05) is 36.4 Å². The number of benzene rings is 2. The number of carbonyl (C=O) groups excluding carboxylic acids is 1. The predicted octanol–water partition coefficient (Wildman–Crippen LogP) is 2.10. The van der Waals surface area contributed by atoms with Gasteiger partial charge in [0.2, 0.25) is 0 Å². The summed E-state index contributed by atoms with van der Waals surface area (Å²) in [7, 11) is 0. The Morgan fingerprint density at radius 3 is 2.77 bits per heavy atom. The lowest BCUT2D eigenvalue weighted by molar-refractivity contribution is 0.0947. The van der Waals surface area contributed by atoms with E-state index in [1.807, 2.05) is 6.07 Å². The predicted molar refractivity (Wildman–Crippen MR) is 102 cm³/mol. The van der Waals surface area contributed by atoms with Gasteiger partial charge in [-0.3, -0.25) is 9.59 Å². The van der Waals surface area contributed by atoms with E-state index in [1.165, 1.54) is 11.3 Å². The van der Waals surface area contributed by atoms with Gasteiger partial charge in [0, 0.05) is 30.2 Å². The Bertz CT molecular complexity index is 1030. The van der Waals surface area contributed by atoms with Crippen LogP contribution in [0.1, 0.15) is 23.0 Å². The molecular weight excluding hydrogens is 328 g/mol. The molecule has 4 rings (SSSR count). The lowest BCUT2D eigenvalue weighted by Crippen LogP contribution is -2.41. The van der Waals surface area contributed by atoms with E-state index in [1.54, 1.807) is 24.3 Å². The number of aromatic nitrogens is 2. The molecule has 132 valence electrons. The van der Waals surface area contributed by atoms with Crippen molar-refractivity contribution in [3.63, 3.8) is 0 Å². The normalized spacial score (nSPS) is 14.3. The van der Waals surface area contributed by atoms with Crippen LogP contribution in [0.4, 0.5) is 5.69 Å². The highest BCUT2D eigenvalue weighted by molar-refractivity contribution is 6.04. The topological polar surface area (TPSA) is 78.1 Å². The number of carbonyl (C=O) groups is 1. The van der Waals surface area contributed by atoms with Crippen molar-refractivity contribution in [2.24, 2.45) is 0 Å². The molecule has 0 radical (unpaired) electrons. The maximum atomic E-state index is 12.6. The molecule has 0 spiro atoms. The minimum atomic E-state index is -0.292. The van der Waals surface area contributed by atoms with Crippen LogP contribution in [-0.4, -0.2) is 35.2 Å². The maximum Gasteiger partial charge on any atom is 0.272 e. The molecule has 2 N–H and O–H groups in total. The fraction of sp³-hybridized carbons (Fsp3) is 0.250. The van der Waals surface area contributed by atoms with E-state index in [0.717, 1.165) is 13.0 Å². The van der Waals surface area contributed by atoms with Crippen molar-refractivity contribution in [1.29, 1.82) is 0 Å². The number of aromatic amines is 1. The highest BCUT2D eigenvalue weighted by Gasteiger charge is 2.23. The zero-order valence-corrected chi connectivity index (χ0v) is 14.5. The van der Waals surface area contributed by atoms with E-state index in [-0.39, 0.29) is 23.2 Å². The summed E-state index contributed by atoms with van der Waals surface area (Å²) in [4.78, 5) is 26.8.